The Labute approximate surface area is 98.3 Å². The van der Waals surface area contributed by atoms with Crippen molar-refractivity contribution in [3.63, 3.8) is 0 Å². The maximum absolute atomic E-state index is 11.8. The Hall–Kier alpha value is -1.63. The first-order valence-corrected chi connectivity index (χ1v) is 6.35. The summed E-state index contributed by atoms with van der Waals surface area (Å²) < 4.78 is 27.9. The maximum atomic E-state index is 11.8. The van der Waals surface area contributed by atoms with Crippen LogP contribution in [0, 0.1) is 0 Å². The Bertz CT molecular complexity index is 584. The van der Waals surface area contributed by atoms with Crippen molar-refractivity contribution in [3.8, 4) is 0 Å². The van der Waals surface area contributed by atoms with E-state index in [1.54, 1.807) is 0 Å². The number of rotatable bonds is 3. The number of carbonyl (C=O) groups excluding carboxylic acids is 2. The summed E-state index contributed by atoms with van der Waals surface area (Å²) in [4.78, 5) is 22.0. The molecule has 1 aliphatic rings. The zero-order valence-electron chi connectivity index (χ0n) is 9.34. The van der Waals surface area contributed by atoms with Crippen molar-refractivity contribution in [1.82, 2.24) is 4.31 Å². The van der Waals surface area contributed by atoms with E-state index in [1.807, 2.05) is 0 Å². The first kappa shape index (κ1) is 11.8. The molecule has 1 saturated heterocycles. The van der Waals surface area contributed by atoms with Crippen LogP contribution in [0.3, 0.4) is 0 Å². The zero-order chi connectivity index (χ0) is 12.8. The summed E-state index contributed by atoms with van der Waals surface area (Å²) in [5.74, 6) is -0.106. The first-order valence-electron chi connectivity index (χ1n) is 4.91. The highest BCUT2D eigenvalue weighted by atomic mass is 32.2. The zero-order valence-corrected chi connectivity index (χ0v) is 10.2. The van der Waals surface area contributed by atoms with Gasteiger partial charge in [-0.05, 0) is 26.0 Å². The number of furan rings is 1. The Kier molecular flexibility index (Phi) is 2.39. The van der Waals surface area contributed by atoms with Crippen molar-refractivity contribution in [3.05, 3.63) is 23.7 Å². The summed E-state index contributed by atoms with van der Waals surface area (Å²) in [7, 11) is -3.61. The summed E-state index contributed by atoms with van der Waals surface area (Å²) in [6, 6.07) is 2.89. The average Bonchev–Trinajstić information content (AvgIpc) is 2.72. The van der Waals surface area contributed by atoms with Crippen LogP contribution in [0.5, 0.6) is 0 Å². The van der Waals surface area contributed by atoms with E-state index in [2.05, 4.69) is 0 Å². The lowest BCUT2D eigenvalue weighted by molar-refractivity contribution is -0.132. The van der Waals surface area contributed by atoms with E-state index < -0.39 is 20.7 Å². The van der Waals surface area contributed by atoms with Crippen LogP contribution in [0.15, 0.2) is 16.5 Å². The number of hydrogen-bond acceptors (Lipinski definition) is 5. The van der Waals surface area contributed by atoms with E-state index in [1.165, 1.54) is 26.0 Å². The van der Waals surface area contributed by atoms with Crippen LogP contribution in [-0.2, 0) is 21.4 Å². The average molecular weight is 257 g/mol. The van der Waals surface area contributed by atoms with Crippen LogP contribution in [0.1, 0.15) is 30.2 Å². The Morgan fingerprint density at radius 1 is 1.41 bits per heavy atom. The second kappa shape index (κ2) is 3.43. The molecular formula is C10H11NO5S. The second-order valence-electron chi connectivity index (χ2n) is 4.25. The van der Waals surface area contributed by atoms with E-state index in [4.69, 9.17) is 4.42 Å². The molecule has 92 valence electrons. The molecule has 7 heteroatoms. The third-order valence-corrected chi connectivity index (χ3v) is 5.11. The largest absolute Gasteiger partial charge is 0.456 e. The molecule has 0 aliphatic carbocycles. The number of sulfonamides is 1. The number of hydrogen-bond donors (Lipinski definition) is 0. The fraction of sp³-hybridized carbons (Fsp3) is 0.400. The molecule has 0 atom stereocenters. The van der Waals surface area contributed by atoms with Crippen LogP contribution in [0.25, 0.3) is 0 Å². The van der Waals surface area contributed by atoms with Gasteiger partial charge in [-0.15, -0.1) is 0 Å². The number of carbonyl (C=O) groups is 2. The molecule has 2 rings (SSSR count). The molecule has 0 N–H and O–H groups in total. The summed E-state index contributed by atoms with van der Waals surface area (Å²) >= 11 is 0. The minimum Gasteiger partial charge on any atom is -0.456 e. The van der Waals surface area contributed by atoms with Crippen LogP contribution in [0.4, 0.5) is 0 Å². The van der Waals surface area contributed by atoms with Gasteiger partial charge in [0.15, 0.2) is 16.8 Å². The summed E-state index contributed by atoms with van der Waals surface area (Å²) in [5, 5.41) is 0. The highest BCUT2D eigenvalue weighted by Crippen LogP contribution is 2.36. The first-order chi connectivity index (χ1) is 7.80. The van der Waals surface area contributed by atoms with Crippen LogP contribution in [0.2, 0.25) is 0 Å². The number of aldehydes is 1. The Balaban J connectivity index is 2.22. The molecular weight excluding hydrogens is 246 g/mol. The van der Waals surface area contributed by atoms with E-state index in [0.717, 1.165) is 4.31 Å². The van der Waals surface area contributed by atoms with Gasteiger partial charge in [-0.3, -0.25) is 9.59 Å². The van der Waals surface area contributed by atoms with Gasteiger partial charge >= 0.3 is 0 Å². The molecule has 1 fully saturated rings. The fourth-order valence-electron chi connectivity index (χ4n) is 1.60. The molecule has 6 nitrogen and oxygen atoms in total. The molecule has 1 aromatic rings. The fourth-order valence-corrected chi connectivity index (χ4v) is 3.09. The molecule has 1 amide bonds. The smallest absolute Gasteiger partial charge is 0.259 e. The van der Waals surface area contributed by atoms with Crippen LogP contribution >= 0.6 is 0 Å². The molecule has 0 bridgehead atoms. The molecule has 0 radical (unpaired) electrons. The second-order valence-corrected chi connectivity index (χ2v) is 6.66. The van der Waals surface area contributed by atoms with E-state index in [0.29, 0.717) is 6.29 Å². The quantitative estimate of drug-likeness (QED) is 0.738. The topological polar surface area (TPSA) is 84.7 Å². The van der Waals surface area contributed by atoms with Crippen molar-refractivity contribution in [2.45, 2.75) is 25.1 Å². The summed E-state index contributed by atoms with van der Waals surface area (Å²) in [6.45, 7) is 2.55. The van der Waals surface area contributed by atoms with Crippen LogP contribution < -0.4 is 0 Å². The molecule has 0 aromatic carbocycles. The summed E-state index contributed by atoms with van der Waals surface area (Å²) in [6.07, 6.45) is 0.514. The predicted octanol–water partition coefficient (Wildman–Crippen LogP) is 0.543. The van der Waals surface area contributed by atoms with Gasteiger partial charge < -0.3 is 4.42 Å². The molecule has 17 heavy (non-hydrogen) atoms. The van der Waals surface area contributed by atoms with Crippen molar-refractivity contribution in [1.29, 1.82) is 0 Å². The van der Waals surface area contributed by atoms with Crippen LogP contribution in [-0.4, -0.2) is 29.7 Å². The van der Waals surface area contributed by atoms with Gasteiger partial charge in [0.05, 0.1) is 6.54 Å². The highest BCUT2D eigenvalue weighted by Gasteiger charge is 2.60. The van der Waals surface area contributed by atoms with Crippen molar-refractivity contribution in [2.75, 3.05) is 0 Å². The lowest BCUT2D eigenvalue weighted by Crippen LogP contribution is -2.66. The number of nitrogens with zero attached hydrogens (tertiary/aromatic N) is 1. The van der Waals surface area contributed by atoms with Gasteiger partial charge in [-0.1, -0.05) is 0 Å². The molecule has 2 heterocycles. The molecule has 1 aliphatic heterocycles. The maximum Gasteiger partial charge on any atom is 0.259 e. The monoisotopic (exact) mass is 257 g/mol. The SMILES string of the molecule is CC1(C)C(=O)N(Cc2ccc(C=O)o2)S1(=O)=O. The van der Waals surface area contributed by atoms with Gasteiger partial charge in [-0.25, -0.2) is 12.7 Å². The lowest BCUT2D eigenvalue weighted by atomic mass is 10.2. The Morgan fingerprint density at radius 3 is 2.53 bits per heavy atom. The summed E-state index contributed by atoms with van der Waals surface area (Å²) in [5.41, 5.74) is 0. The number of amides is 1. The van der Waals surface area contributed by atoms with Gasteiger partial charge in [0.25, 0.3) is 15.9 Å². The van der Waals surface area contributed by atoms with Crippen molar-refractivity contribution < 1.29 is 22.4 Å². The van der Waals surface area contributed by atoms with Gasteiger partial charge in [0.1, 0.15) is 5.76 Å². The standard InChI is InChI=1S/C10H11NO5S/c1-10(2)9(13)11(17(10,14)15)5-7-3-4-8(6-12)16-7/h3-4,6H,5H2,1-2H3. The van der Waals surface area contributed by atoms with Gasteiger partial charge in [0, 0.05) is 0 Å². The molecule has 1 aromatic heterocycles. The van der Waals surface area contributed by atoms with Gasteiger partial charge in [-0.2, -0.15) is 0 Å². The minimum atomic E-state index is -3.61. The third kappa shape index (κ3) is 1.49. The van der Waals surface area contributed by atoms with E-state index in [-0.39, 0.29) is 18.1 Å². The van der Waals surface area contributed by atoms with Crippen molar-refractivity contribution in [2.24, 2.45) is 0 Å². The predicted molar refractivity (Wildman–Crippen MR) is 57.6 cm³/mol. The molecule has 0 spiro atoms. The minimum absolute atomic E-state index is 0.102. The third-order valence-electron chi connectivity index (χ3n) is 2.77. The van der Waals surface area contributed by atoms with Crippen molar-refractivity contribution >= 4 is 22.2 Å². The Morgan fingerprint density at radius 2 is 2.06 bits per heavy atom. The highest BCUT2D eigenvalue weighted by molar-refractivity contribution is 7.94. The van der Waals surface area contributed by atoms with E-state index >= 15 is 0 Å². The molecule has 0 saturated carbocycles. The van der Waals surface area contributed by atoms with Gasteiger partial charge in [0.2, 0.25) is 0 Å². The normalized spacial score (nSPS) is 21.1. The molecule has 0 unspecified atom stereocenters. The lowest BCUT2D eigenvalue weighted by Gasteiger charge is -2.42. The van der Waals surface area contributed by atoms with E-state index in [9.17, 15) is 18.0 Å².